The first-order chi connectivity index (χ1) is 14.3. The van der Waals surface area contributed by atoms with Gasteiger partial charge in [-0.3, -0.25) is 0 Å². The number of aromatic nitrogens is 3. The van der Waals surface area contributed by atoms with Crippen LogP contribution in [0.1, 0.15) is 5.56 Å². The van der Waals surface area contributed by atoms with Gasteiger partial charge in [0.1, 0.15) is 0 Å². The molecule has 0 bridgehead atoms. The molecule has 30 heavy (non-hydrogen) atoms. The smallest absolute Gasteiger partial charge is 0.246 e. The van der Waals surface area contributed by atoms with Crippen molar-refractivity contribution in [2.45, 2.75) is 11.8 Å². The zero-order chi connectivity index (χ0) is 21.3. The van der Waals surface area contributed by atoms with E-state index >= 15 is 0 Å². The molecule has 0 saturated carbocycles. The Morgan fingerprint density at radius 3 is 2.00 bits per heavy atom. The molecule has 4 rings (SSSR count). The van der Waals surface area contributed by atoms with E-state index in [2.05, 4.69) is 14.8 Å². The minimum absolute atomic E-state index is 0.0459. The van der Waals surface area contributed by atoms with Crippen LogP contribution < -0.4 is 4.72 Å². The second-order valence-corrected chi connectivity index (χ2v) is 9.13. The number of hydrogen-bond acceptors (Lipinski definition) is 4. The topological polar surface area (TPSA) is 76.9 Å². The Morgan fingerprint density at radius 2 is 1.40 bits per heavy atom. The lowest BCUT2D eigenvalue weighted by Gasteiger charge is -2.06. The molecule has 0 aliphatic heterocycles. The fraction of sp³-hybridized carbons (Fsp3) is 0.0476. The largest absolute Gasteiger partial charge is 0.264 e. The van der Waals surface area contributed by atoms with Gasteiger partial charge in [0.15, 0.2) is 5.82 Å². The molecule has 152 valence electrons. The van der Waals surface area contributed by atoms with Crippen LogP contribution in [-0.2, 0) is 10.0 Å². The third-order valence-corrected chi connectivity index (χ3v) is 6.19. The van der Waals surface area contributed by atoms with Crippen molar-refractivity contribution in [1.29, 1.82) is 0 Å². The van der Waals surface area contributed by atoms with E-state index in [0.717, 1.165) is 11.1 Å². The first-order valence-corrected chi connectivity index (χ1v) is 11.1. The van der Waals surface area contributed by atoms with E-state index in [1.807, 2.05) is 6.92 Å². The highest BCUT2D eigenvalue weighted by Crippen LogP contribution is 2.26. The second kappa shape index (κ2) is 8.10. The van der Waals surface area contributed by atoms with Crippen LogP contribution in [0, 0.1) is 6.92 Å². The quantitative estimate of drug-likeness (QED) is 0.437. The predicted octanol–water partition coefficient (Wildman–Crippen LogP) is 5.35. The zero-order valence-electron chi connectivity index (χ0n) is 15.8. The number of rotatable bonds is 5. The lowest BCUT2D eigenvalue weighted by Crippen LogP contribution is -2.14. The summed E-state index contributed by atoms with van der Waals surface area (Å²) in [6, 6.07) is 20.6. The van der Waals surface area contributed by atoms with Crippen LogP contribution in [-0.4, -0.2) is 23.2 Å². The van der Waals surface area contributed by atoms with Crippen molar-refractivity contribution in [2.75, 3.05) is 4.72 Å². The predicted molar refractivity (Wildman–Crippen MR) is 119 cm³/mol. The fourth-order valence-electron chi connectivity index (χ4n) is 2.80. The van der Waals surface area contributed by atoms with Crippen LogP contribution in [0.25, 0.3) is 17.1 Å². The number of nitrogens with zero attached hydrogens (tertiary/aromatic N) is 3. The van der Waals surface area contributed by atoms with E-state index in [-0.39, 0.29) is 10.8 Å². The van der Waals surface area contributed by atoms with Crippen LogP contribution in [0.3, 0.4) is 0 Å². The highest BCUT2D eigenvalue weighted by atomic mass is 35.5. The maximum Gasteiger partial charge on any atom is 0.264 e. The third-order valence-electron chi connectivity index (χ3n) is 4.34. The molecule has 0 aliphatic rings. The molecule has 1 heterocycles. The normalized spacial score (nSPS) is 11.4. The Balaban J connectivity index is 1.77. The summed E-state index contributed by atoms with van der Waals surface area (Å²) in [6.45, 7) is 1.89. The van der Waals surface area contributed by atoms with Gasteiger partial charge in [-0.25, -0.2) is 17.8 Å². The van der Waals surface area contributed by atoms with Gasteiger partial charge in [0, 0.05) is 15.6 Å². The summed E-state index contributed by atoms with van der Waals surface area (Å²) >= 11 is 12.0. The lowest BCUT2D eigenvalue weighted by molar-refractivity contribution is 0.600. The second-order valence-electron chi connectivity index (χ2n) is 6.57. The molecule has 0 aliphatic carbocycles. The number of sulfonamides is 1. The Morgan fingerprint density at radius 1 is 0.833 bits per heavy atom. The van der Waals surface area contributed by atoms with Gasteiger partial charge in [0.25, 0.3) is 16.0 Å². The molecule has 0 fully saturated rings. The molecule has 1 N–H and O–H groups in total. The van der Waals surface area contributed by atoms with E-state index in [9.17, 15) is 8.42 Å². The Labute approximate surface area is 184 Å². The fourth-order valence-corrected chi connectivity index (χ4v) is 3.99. The van der Waals surface area contributed by atoms with Crippen molar-refractivity contribution in [2.24, 2.45) is 0 Å². The maximum atomic E-state index is 12.8. The summed E-state index contributed by atoms with van der Waals surface area (Å²) in [5, 5.41) is 5.53. The van der Waals surface area contributed by atoms with E-state index in [1.165, 1.54) is 12.1 Å². The molecule has 9 heteroatoms. The summed E-state index contributed by atoms with van der Waals surface area (Å²) < 4.78 is 29.5. The maximum absolute atomic E-state index is 12.8. The van der Waals surface area contributed by atoms with E-state index in [1.54, 1.807) is 65.3 Å². The lowest BCUT2D eigenvalue weighted by atomic mass is 10.2. The van der Waals surface area contributed by atoms with Crippen molar-refractivity contribution >= 4 is 39.2 Å². The minimum atomic E-state index is -3.84. The molecule has 3 aromatic carbocycles. The van der Waals surface area contributed by atoms with Gasteiger partial charge in [-0.2, -0.15) is 4.98 Å². The number of benzene rings is 3. The van der Waals surface area contributed by atoms with Crippen LogP contribution in [0.15, 0.2) is 77.7 Å². The van der Waals surface area contributed by atoms with Gasteiger partial charge in [0.2, 0.25) is 0 Å². The van der Waals surface area contributed by atoms with Gasteiger partial charge in [0.05, 0.1) is 10.6 Å². The molecule has 0 atom stereocenters. The van der Waals surface area contributed by atoms with Crippen LogP contribution in [0.4, 0.5) is 5.95 Å². The number of hydrogen-bond donors (Lipinski definition) is 1. The van der Waals surface area contributed by atoms with Crippen LogP contribution >= 0.6 is 23.2 Å². The van der Waals surface area contributed by atoms with E-state index in [4.69, 9.17) is 23.2 Å². The average molecular weight is 459 g/mol. The van der Waals surface area contributed by atoms with E-state index < -0.39 is 10.0 Å². The zero-order valence-corrected chi connectivity index (χ0v) is 18.1. The molecular formula is C21H16Cl2N4O2S. The Hall–Kier alpha value is -2.87. The molecule has 0 radical (unpaired) electrons. The third kappa shape index (κ3) is 4.33. The number of nitrogens with one attached hydrogen (secondary N) is 1. The molecule has 0 unspecified atom stereocenters. The van der Waals surface area contributed by atoms with Crippen molar-refractivity contribution in [3.8, 4) is 17.1 Å². The van der Waals surface area contributed by atoms with Crippen molar-refractivity contribution in [1.82, 2.24) is 14.8 Å². The standard InChI is InChI=1S/C21H16Cl2N4O2S/c1-14-2-12-19(13-3-14)30(28,29)26-21-24-20(15-4-6-16(22)7-5-15)27(25-21)18-10-8-17(23)9-11-18/h2-13H,1H3,(H,25,26). The number of anilines is 1. The highest BCUT2D eigenvalue weighted by Gasteiger charge is 2.20. The summed E-state index contributed by atoms with van der Waals surface area (Å²) in [7, 11) is -3.84. The molecular weight excluding hydrogens is 443 g/mol. The van der Waals surface area contributed by atoms with Crippen molar-refractivity contribution < 1.29 is 8.42 Å². The summed E-state index contributed by atoms with van der Waals surface area (Å²) in [5.41, 5.74) is 2.37. The number of halogens is 2. The molecule has 0 spiro atoms. The van der Waals surface area contributed by atoms with Gasteiger partial charge in [-0.05, 0) is 67.6 Å². The highest BCUT2D eigenvalue weighted by molar-refractivity contribution is 7.92. The van der Waals surface area contributed by atoms with Crippen LogP contribution in [0.2, 0.25) is 10.0 Å². The molecule has 6 nitrogen and oxygen atoms in total. The first-order valence-electron chi connectivity index (χ1n) is 8.90. The monoisotopic (exact) mass is 458 g/mol. The van der Waals surface area contributed by atoms with Crippen molar-refractivity contribution in [3.05, 3.63) is 88.4 Å². The van der Waals surface area contributed by atoms with Crippen molar-refractivity contribution in [3.63, 3.8) is 0 Å². The Bertz CT molecular complexity index is 1220. The summed E-state index contributed by atoms with van der Waals surface area (Å²) in [4.78, 5) is 4.55. The number of aryl methyl sites for hydroxylation is 1. The SMILES string of the molecule is Cc1ccc(S(=O)(=O)Nc2nc(-c3ccc(Cl)cc3)n(-c3ccc(Cl)cc3)n2)cc1. The molecule has 0 saturated heterocycles. The van der Waals surface area contributed by atoms with Crippen LogP contribution in [0.5, 0.6) is 0 Å². The van der Waals surface area contributed by atoms with E-state index in [0.29, 0.717) is 21.6 Å². The molecule has 4 aromatic rings. The van der Waals surface area contributed by atoms with Gasteiger partial charge in [-0.15, -0.1) is 5.10 Å². The molecule has 0 amide bonds. The first kappa shape index (κ1) is 20.4. The average Bonchev–Trinajstić information content (AvgIpc) is 3.12. The van der Waals surface area contributed by atoms with Gasteiger partial charge < -0.3 is 0 Å². The summed E-state index contributed by atoms with van der Waals surface area (Å²) in [6.07, 6.45) is 0. The molecule has 1 aromatic heterocycles. The van der Waals surface area contributed by atoms with Gasteiger partial charge in [-0.1, -0.05) is 40.9 Å². The Kier molecular flexibility index (Phi) is 5.51. The van der Waals surface area contributed by atoms with Gasteiger partial charge >= 0.3 is 0 Å². The summed E-state index contributed by atoms with van der Waals surface area (Å²) in [5.74, 6) is 0.408. The minimum Gasteiger partial charge on any atom is -0.246 e.